The van der Waals surface area contributed by atoms with Gasteiger partial charge in [0, 0.05) is 22.5 Å². The van der Waals surface area contributed by atoms with Crippen molar-refractivity contribution in [2.45, 2.75) is 20.8 Å². The highest BCUT2D eigenvalue weighted by molar-refractivity contribution is 6.42. The number of aliphatic carboxylic acids is 1. The molecule has 0 spiro atoms. The number of carbonyl (C=O) groups is 1. The number of hydrogen-bond acceptors (Lipinski definition) is 5. The molecular weight excluding hydrogens is 521 g/mol. The summed E-state index contributed by atoms with van der Waals surface area (Å²) in [5.74, 6) is 1.03. The van der Waals surface area contributed by atoms with Gasteiger partial charge in [0.25, 0.3) is 0 Å². The largest absolute Gasteiger partial charge is 0.480 e. The Kier molecular flexibility index (Phi) is 9.32. The van der Waals surface area contributed by atoms with Crippen molar-refractivity contribution < 1.29 is 14.7 Å². The molecule has 0 atom stereocenters. The molecule has 0 aromatic heterocycles. The second-order valence-electron chi connectivity index (χ2n) is 8.70. The van der Waals surface area contributed by atoms with E-state index < -0.39 is 5.97 Å². The van der Waals surface area contributed by atoms with Gasteiger partial charge in [0.15, 0.2) is 5.94 Å². The summed E-state index contributed by atoms with van der Waals surface area (Å²) in [6, 6.07) is 12.3. The van der Waals surface area contributed by atoms with Gasteiger partial charge < -0.3 is 15.7 Å². The fraction of sp³-hybridized carbons (Fsp3) is 0.133. The normalized spacial score (nSPS) is 15.1. The SMILES string of the molecule is C=C(N=C1C(C)=CC(C)=C/C1=C(/C)C(=C=O)Nc1ccc(C(=C)NCC(=O)O)cc1)c1ccc(Cl)c(Cl)c1. The molecule has 6 nitrogen and oxygen atoms in total. The molecule has 8 heteroatoms. The van der Waals surface area contributed by atoms with Crippen LogP contribution in [0.4, 0.5) is 5.69 Å². The Morgan fingerprint density at radius 1 is 1.03 bits per heavy atom. The van der Waals surface area contributed by atoms with Crippen LogP contribution < -0.4 is 10.6 Å². The summed E-state index contributed by atoms with van der Waals surface area (Å²) in [6.07, 6.45) is 3.98. The average Bonchev–Trinajstić information content (AvgIpc) is 2.88. The van der Waals surface area contributed by atoms with Gasteiger partial charge in [-0.25, -0.2) is 9.79 Å². The number of allylic oxidation sites excluding steroid dienone is 6. The molecular formula is C30H27Cl2N3O3. The number of hydrogen-bond donors (Lipinski definition) is 3. The van der Waals surface area contributed by atoms with Crippen LogP contribution in [0.2, 0.25) is 10.0 Å². The highest BCUT2D eigenvalue weighted by Gasteiger charge is 2.19. The Morgan fingerprint density at radius 3 is 2.29 bits per heavy atom. The molecule has 0 unspecified atom stereocenters. The molecule has 2 aromatic carbocycles. The number of aliphatic imine (C=N–C) groups is 1. The number of carboxylic acid groups (broad SMARTS) is 1. The van der Waals surface area contributed by atoms with Crippen molar-refractivity contribution in [3.05, 3.63) is 117 Å². The summed E-state index contributed by atoms with van der Waals surface area (Å²) in [6.45, 7) is 13.5. The summed E-state index contributed by atoms with van der Waals surface area (Å²) in [4.78, 5) is 27.6. The van der Waals surface area contributed by atoms with Crippen LogP contribution in [0.25, 0.3) is 11.4 Å². The van der Waals surface area contributed by atoms with Gasteiger partial charge in [-0.15, -0.1) is 0 Å². The van der Waals surface area contributed by atoms with Gasteiger partial charge in [-0.2, -0.15) is 0 Å². The number of carboxylic acids is 1. The maximum Gasteiger partial charge on any atom is 0.322 e. The second kappa shape index (κ2) is 12.4. The summed E-state index contributed by atoms with van der Waals surface area (Å²) >= 11 is 12.2. The van der Waals surface area contributed by atoms with Crippen LogP contribution in [0.5, 0.6) is 0 Å². The lowest BCUT2D eigenvalue weighted by Crippen LogP contribution is -2.20. The monoisotopic (exact) mass is 547 g/mol. The molecule has 3 rings (SSSR count). The maximum absolute atomic E-state index is 12.0. The molecule has 0 saturated carbocycles. The summed E-state index contributed by atoms with van der Waals surface area (Å²) < 4.78 is 0. The van der Waals surface area contributed by atoms with Crippen molar-refractivity contribution in [2.24, 2.45) is 4.99 Å². The molecule has 194 valence electrons. The van der Waals surface area contributed by atoms with E-state index in [9.17, 15) is 9.59 Å². The zero-order valence-electron chi connectivity index (χ0n) is 21.3. The van der Waals surface area contributed by atoms with Crippen molar-refractivity contribution in [1.82, 2.24) is 5.32 Å². The average molecular weight is 548 g/mol. The van der Waals surface area contributed by atoms with Crippen LogP contribution in [0.15, 0.2) is 101 Å². The molecule has 0 aliphatic heterocycles. The molecule has 0 heterocycles. The summed E-state index contributed by atoms with van der Waals surface area (Å²) in [5.41, 5.74) is 7.37. The van der Waals surface area contributed by atoms with Crippen LogP contribution in [-0.2, 0) is 9.59 Å². The first-order chi connectivity index (χ1) is 18.0. The van der Waals surface area contributed by atoms with Gasteiger partial charge in [-0.1, -0.05) is 66.2 Å². The molecule has 0 bridgehead atoms. The third-order valence-electron chi connectivity index (χ3n) is 5.78. The first-order valence-corrected chi connectivity index (χ1v) is 12.3. The number of benzene rings is 2. The first kappa shape index (κ1) is 28.5. The number of anilines is 1. The van der Waals surface area contributed by atoms with Crippen molar-refractivity contribution in [3.63, 3.8) is 0 Å². The van der Waals surface area contributed by atoms with Crippen LogP contribution >= 0.6 is 23.2 Å². The Bertz CT molecular complexity index is 1490. The van der Waals surface area contributed by atoms with E-state index in [4.69, 9.17) is 33.3 Å². The number of rotatable bonds is 9. The predicted molar refractivity (Wildman–Crippen MR) is 157 cm³/mol. The minimum atomic E-state index is -0.978. The standard InChI is InChI=1S/C30H27Cl2N3O3/c1-17-12-18(2)30(34-21(5)23-8-11-26(31)27(32)14-23)25(13-17)19(3)28(16-36)35-24-9-6-22(7-10-24)20(4)33-15-29(37)38/h6-14,33,35H,4-5,15H2,1-3H3,(H,37,38)/b25-19+,34-30?. The van der Waals surface area contributed by atoms with Crippen LogP contribution in [0.1, 0.15) is 31.9 Å². The van der Waals surface area contributed by atoms with E-state index in [0.717, 1.165) is 27.8 Å². The fourth-order valence-corrected chi connectivity index (χ4v) is 4.08. The first-order valence-electron chi connectivity index (χ1n) is 11.6. The third kappa shape index (κ3) is 7.02. The minimum absolute atomic E-state index is 0.230. The van der Waals surface area contributed by atoms with Crippen molar-refractivity contribution in [3.8, 4) is 0 Å². The van der Waals surface area contributed by atoms with Gasteiger partial charge >= 0.3 is 5.97 Å². The number of nitrogens with zero attached hydrogens (tertiary/aromatic N) is 1. The zero-order valence-corrected chi connectivity index (χ0v) is 22.8. The number of carbonyl (C=O) groups excluding carboxylic acids is 1. The van der Waals surface area contributed by atoms with E-state index in [0.29, 0.717) is 38.4 Å². The summed E-state index contributed by atoms with van der Waals surface area (Å²) in [5, 5.41) is 15.5. The van der Waals surface area contributed by atoms with E-state index in [1.54, 1.807) is 42.5 Å². The smallest absolute Gasteiger partial charge is 0.322 e. The highest BCUT2D eigenvalue weighted by Crippen LogP contribution is 2.30. The molecule has 0 amide bonds. The van der Waals surface area contributed by atoms with Crippen LogP contribution in [-0.4, -0.2) is 29.3 Å². The van der Waals surface area contributed by atoms with E-state index in [1.807, 2.05) is 38.9 Å². The van der Waals surface area contributed by atoms with Crippen molar-refractivity contribution >= 4 is 57.9 Å². The third-order valence-corrected chi connectivity index (χ3v) is 6.52. The second-order valence-corrected chi connectivity index (χ2v) is 9.51. The quantitative estimate of drug-likeness (QED) is 0.291. The Hall–Kier alpha value is -4.09. The van der Waals surface area contributed by atoms with E-state index >= 15 is 0 Å². The van der Waals surface area contributed by atoms with E-state index in [1.165, 1.54) is 0 Å². The van der Waals surface area contributed by atoms with Gasteiger partial charge in [0.2, 0.25) is 0 Å². The minimum Gasteiger partial charge on any atom is -0.480 e. The lowest BCUT2D eigenvalue weighted by molar-refractivity contribution is -0.135. The van der Waals surface area contributed by atoms with Crippen molar-refractivity contribution in [1.29, 1.82) is 0 Å². The van der Waals surface area contributed by atoms with Gasteiger partial charge in [-0.05, 0) is 67.8 Å². The van der Waals surface area contributed by atoms with Crippen LogP contribution in [0, 0.1) is 0 Å². The molecule has 38 heavy (non-hydrogen) atoms. The van der Waals surface area contributed by atoms with Gasteiger partial charge in [0.05, 0.1) is 21.5 Å². The maximum atomic E-state index is 12.0. The van der Waals surface area contributed by atoms with E-state index in [2.05, 4.69) is 23.8 Å². The molecule has 0 saturated heterocycles. The van der Waals surface area contributed by atoms with Gasteiger partial charge in [-0.3, -0.25) is 4.79 Å². The highest BCUT2D eigenvalue weighted by atomic mass is 35.5. The molecule has 0 radical (unpaired) electrons. The lowest BCUT2D eigenvalue weighted by Gasteiger charge is -2.19. The molecule has 1 aliphatic rings. The number of halogens is 2. The Labute approximate surface area is 232 Å². The topological polar surface area (TPSA) is 90.8 Å². The zero-order chi connectivity index (χ0) is 28.0. The van der Waals surface area contributed by atoms with Crippen LogP contribution in [0.3, 0.4) is 0 Å². The van der Waals surface area contributed by atoms with Crippen molar-refractivity contribution in [2.75, 3.05) is 11.9 Å². The Morgan fingerprint density at radius 2 is 1.68 bits per heavy atom. The predicted octanol–water partition coefficient (Wildman–Crippen LogP) is 7.10. The molecule has 1 aliphatic carbocycles. The molecule has 3 N–H and O–H groups in total. The Balaban J connectivity index is 1.92. The summed E-state index contributed by atoms with van der Waals surface area (Å²) in [7, 11) is 0. The molecule has 2 aromatic rings. The van der Waals surface area contributed by atoms with Gasteiger partial charge in [0.1, 0.15) is 12.2 Å². The molecule has 0 fully saturated rings. The number of nitrogens with one attached hydrogen (secondary N) is 2. The lowest BCUT2D eigenvalue weighted by atomic mass is 9.90. The fourth-order valence-electron chi connectivity index (χ4n) is 3.78. The van der Waals surface area contributed by atoms with E-state index in [-0.39, 0.29) is 12.2 Å².